The molecule has 1 saturated heterocycles. The van der Waals surface area contributed by atoms with Crippen molar-refractivity contribution in [1.82, 2.24) is 29.7 Å². The highest BCUT2D eigenvalue weighted by atomic mass is 16.3. The maximum absolute atomic E-state index is 12.2. The predicted molar refractivity (Wildman–Crippen MR) is 94.0 cm³/mol. The Hall–Kier alpha value is -3.10. The molecule has 2 aromatic rings. The number of benzene rings is 1. The van der Waals surface area contributed by atoms with E-state index < -0.39 is 18.2 Å². The van der Waals surface area contributed by atoms with E-state index in [0.29, 0.717) is 11.3 Å². The number of aromatic nitrogens is 3. The number of urea groups is 2. The molecule has 1 N–H and O–H groups in total. The van der Waals surface area contributed by atoms with E-state index in [1.807, 2.05) is 13.8 Å². The van der Waals surface area contributed by atoms with Crippen molar-refractivity contribution in [2.45, 2.75) is 26.4 Å². The molecule has 1 aliphatic heterocycles. The van der Waals surface area contributed by atoms with Crippen molar-refractivity contribution in [2.24, 2.45) is 0 Å². The highest BCUT2D eigenvalue weighted by Gasteiger charge is 2.40. The van der Waals surface area contributed by atoms with Crippen molar-refractivity contribution in [2.75, 3.05) is 21.1 Å². The van der Waals surface area contributed by atoms with Gasteiger partial charge < -0.3 is 14.9 Å². The van der Waals surface area contributed by atoms with Crippen LogP contribution in [0.4, 0.5) is 9.59 Å². The lowest BCUT2D eigenvalue weighted by Crippen LogP contribution is -2.58. The van der Waals surface area contributed by atoms with Gasteiger partial charge in [0, 0.05) is 32.8 Å². The Morgan fingerprint density at radius 2 is 1.69 bits per heavy atom. The molecule has 0 atom stereocenters. The second kappa shape index (κ2) is 6.32. The summed E-state index contributed by atoms with van der Waals surface area (Å²) in [6.45, 7) is 3.89. The predicted octanol–water partition coefficient (Wildman–Crippen LogP) is 1.89. The van der Waals surface area contributed by atoms with Gasteiger partial charge in [0.2, 0.25) is 0 Å². The van der Waals surface area contributed by atoms with Crippen molar-refractivity contribution < 1.29 is 14.7 Å². The van der Waals surface area contributed by atoms with Gasteiger partial charge in [-0.2, -0.15) is 15.0 Å². The average molecular weight is 358 g/mol. The summed E-state index contributed by atoms with van der Waals surface area (Å²) in [5.74, 6) is -0.0376. The van der Waals surface area contributed by atoms with E-state index >= 15 is 0 Å². The van der Waals surface area contributed by atoms with Gasteiger partial charge in [-0.05, 0) is 25.5 Å². The second-order valence-electron chi connectivity index (χ2n) is 6.34. The summed E-state index contributed by atoms with van der Waals surface area (Å²) in [7, 11) is 4.60. The minimum absolute atomic E-state index is 0.0376. The Bertz CT molecular complexity index is 855. The van der Waals surface area contributed by atoms with Gasteiger partial charge in [0.05, 0.1) is 17.1 Å². The maximum atomic E-state index is 12.2. The molecule has 0 bridgehead atoms. The number of aryl methyl sites for hydroxylation is 2. The van der Waals surface area contributed by atoms with E-state index in [1.165, 1.54) is 27.7 Å². The molecule has 0 saturated carbocycles. The highest BCUT2D eigenvalue weighted by molar-refractivity contribution is 5.95. The average Bonchev–Trinajstić information content (AvgIpc) is 3.00. The van der Waals surface area contributed by atoms with Gasteiger partial charge in [-0.3, -0.25) is 0 Å². The monoisotopic (exact) mass is 358 g/mol. The molecule has 138 valence electrons. The van der Waals surface area contributed by atoms with Gasteiger partial charge in [0.15, 0.2) is 0 Å². The van der Waals surface area contributed by atoms with Gasteiger partial charge in [-0.25, -0.2) is 14.5 Å². The van der Waals surface area contributed by atoms with Gasteiger partial charge in [0.25, 0.3) is 0 Å². The third kappa shape index (κ3) is 2.65. The van der Waals surface area contributed by atoms with Crippen molar-refractivity contribution in [1.29, 1.82) is 0 Å². The minimum atomic E-state index is -0.696. The third-order valence-electron chi connectivity index (χ3n) is 4.65. The normalized spacial score (nSPS) is 16.0. The lowest BCUT2D eigenvalue weighted by atomic mass is 10.1. The number of phenolic OH excluding ortho intramolecular Hbond substituents is 1. The number of amides is 4. The van der Waals surface area contributed by atoms with Crippen LogP contribution >= 0.6 is 0 Å². The van der Waals surface area contributed by atoms with Crippen molar-refractivity contribution in [3.8, 4) is 11.4 Å². The molecule has 1 aromatic heterocycles. The van der Waals surface area contributed by atoms with Crippen LogP contribution in [0.2, 0.25) is 0 Å². The number of nitrogens with zero attached hydrogens (tertiary/aromatic N) is 6. The van der Waals surface area contributed by atoms with Gasteiger partial charge in [-0.15, -0.1) is 0 Å². The Morgan fingerprint density at radius 1 is 1.08 bits per heavy atom. The number of aromatic hydroxyl groups is 1. The Morgan fingerprint density at radius 3 is 2.19 bits per heavy atom. The first-order valence-corrected chi connectivity index (χ1v) is 8.29. The van der Waals surface area contributed by atoms with Crippen molar-refractivity contribution >= 4 is 12.1 Å². The van der Waals surface area contributed by atoms with Crippen LogP contribution in [-0.4, -0.2) is 68.0 Å². The van der Waals surface area contributed by atoms with Crippen LogP contribution in [0.15, 0.2) is 18.2 Å². The molecule has 1 aromatic carbocycles. The molecule has 3 rings (SSSR count). The number of imide groups is 1. The lowest BCUT2D eigenvalue weighted by molar-refractivity contribution is 0.0592. The fraction of sp³-hybridized carbons (Fsp3) is 0.412. The maximum Gasteiger partial charge on any atom is 0.329 e. The topological polar surface area (TPSA) is 94.8 Å². The van der Waals surface area contributed by atoms with Crippen LogP contribution in [0.3, 0.4) is 0 Å². The number of hydrogen-bond acceptors (Lipinski definition) is 5. The van der Waals surface area contributed by atoms with E-state index in [2.05, 4.69) is 10.2 Å². The molecule has 1 aliphatic rings. The van der Waals surface area contributed by atoms with Crippen LogP contribution < -0.4 is 0 Å². The molecule has 0 spiro atoms. The Kier molecular flexibility index (Phi) is 4.31. The SMILES string of the molecule is CCc1nn(-c2ccc(C3N(C)C(=O)N(C)C(=O)N3C)c(O)c2)nc1C. The van der Waals surface area contributed by atoms with Crippen molar-refractivity contribution in [3.63, 3.8) is 0 Å². The third-order valence-corrected chi connectivity index (χ3v) is 4.65. The van der Waals surface area contributed by atoms with Gasteiger partial charge in [-0.1, -0.05) is 6.92 Å². The summed E-state index contributed by atoms with van der Waals surface area (Å²) < 4.78 is 0. The van der Waals surface area contributed by atoms with Crippen LogP contribution in [0.1, 0.15) is 30.0 Å². The smallest absolute Gasteiger partial charge is 0.329 e. The number of carbonyl (C=O) groups excluding carboxylic acids is 2. The summed E-state index contributed by atoms with van der Waals surface area (Å²) in [6.07, 6.45) is 0.0736. The first kappa shape index (κ1) is 17.7. The molecular weight excluding hydrogens is 336 g/mol. The molecule has 0 radical (unpaired) electrons. The zero-order chi connectivity index (χ0) is 19.2. The summed E-state index contributed by atoms with van der Waals surface area (Å²) in [6, 6.07) is 4.10. The number of carbonyl (C=O) groups is 2. The first-order chi connectivity index (χ1) is 12.3. The highest BCUT2D eigenvalue weighted by Crippen LogP contribution is 2.34. The van der Waals surface area contributed by atoms with Crippen LogP contribution in [0, 0.1) is 6.92 Å². The van der Waals surface area contributed by atoms with Crippen LogP contribution in [-0.2, 0) is 6.42 Å². The molecule has 2 heterocycles. The molecule has 9 nitrogen and oxygen atoms in total. The van der Waals surface area contributed by atoms with Gasteiger partial charge >= 0.3 is 12.1 Å². The molecule has 0 unspecified atom stereocenters. The molecule has 1 fully saturated rings. The standard InChI is InChI=1S/C17H22N6O3/c1-6-13-10(2)18-23(19-13)11-7-8-12(14(24)9-11)15-20(3)16(25)22(5)17(26)21(15)4/h7-9,15,24H,6H2,1-5H3. The molecular formula is C17H22N6O3. The van der Waals surface area contributed by atoms with Crippen molar-refractivity contribution in [3.05, 3.63) is 35.2 Å². The summed E-state index contributed by atoms with van der Waals surface area (Å²) >= 11 is 0. The summed E-state index contributed by atoms with van der Waals surface area (Å²) in [5.41, 5.74) is 2.78. The van der Waals surface area contributed by atoms with E-state index in [1.54, 1.807) is 26.2 Å². The number of rotatable bonds is 3. The first-order valence-electron chi connectivity index (χ1n) is 8.29. The van der Waals surface area contributed by atoms with Crippen LogP contribution in [0.5, 0.6) is 5.75 Å². The minimum Gasteiger partial charge on any atom is -0.507 e. The fourth-order valence-corrected chi connectivity index (χ4v) is 3.17. The second-order valence-corrected chi connectivity index (χ2v) is 6.34. The Balaban J connectivity index is 1.99. The van der Waals surface area contributed by atoms with E-state index in [4.69, 9.17) is 0 Å². The zero-order valence-corrected chi connectivity index (χ0v) is 15.5. The van der Waals surface area contributed by atoms with E-state index in [-0.39, 0.29) is 5.75 Å². The van der Waals surface area contributed by atoms with Gasteiger partial charge in [0.1, 0.15) is 11.9 Å². The molecule has 26 heavy (non-hydrogen) atoms. The van der Waals surface area contributed by atoms with E-state index in [0.717, 1.165) is 22.7 Å². The summed E-state index contributed by atoms with van der Waals surface area (Å²) in [4.78, 5) is 29.8. The molecule has 0 aliphatic carbocycles. The number of phenols is 1. The van der Waals surface area contributed by atoms with Crippen LogP contribution in [0.25, 0.3) is 5.69 Å². The Labute approximate surface area is 151 Å². The largest absolute Gasteiger partial charge is 0.507 e. The number of hydrogen-bond donors (Lipinski definition) is 1. The fourth-order valence-electron chi connectivity index (χ4n) is 3.17. The lowest BCUT2D eigenvalue weighted by Gasteiger charge is -2.43. The quantitative estimate of drug-likeness (QED) is 0.904. The summed E-state index contributed by atoms with van der Waals surface area (Å²) in [5, 5.41) is 19.3. The molecule has 4 amide bonds. The zero-order valence-electron chi connectivity index (χ0n) is 15.5. The molecule has 9 heteroatoms. The van der Waals surface area contributed by atoms with E-state index in [9.17, 15) is 14.7 Å².